The van der Waals surface area contributed by atoms with Crippen LogP contribution in [0.4, 0.5) is 5.69 Å². The van der Waals surface area contributed by atoms with Gasteiger partial charge in [0, 0.05) is 12.2 Å². The predicted molar refractivity (Wildman–Crippen MR) is 98.5 cm³/mol. The van der Waals surface area contributed by atoms with Gasteiger partial charge in [-0.2, -0.15) is 5.26 Å². The van der Waals surface area contributed by atoms with Crippen LogP contribution in [0, 0.1) is 11.3 Å². The summed E-state index contributed by atoms with van der Waals surface area (Å²) in [5.74, 6) is 0.374. The van der Waals surface area contributed by atoms with Crippen LogP contribution in [0.5, 0.6) is 5.75 Å². The van der Waals surface area contributed by atoms with Crippen LogP contribution in [0.15, 0.2) is 48.5 Å². The van der Waals surface area contributed by atoms with Crippen molar-refractivity contribution in [2.75, 3.05) is 11.9 Å². The van der Waals surface area contributed by atoms with Crippen molar-refractivity contribution >= 4 is 17.5 Å². The monoisotopic (exact) mass is 351 g/mol. The van der Waals surface area contributed by atoms with Gasteiger partial charge in [-0.25, -0.2) is 0 Å². The van der Waals surface area contributed by atoms with Crippen LogP contribution < -0.4 is 15.4 Å². The van der Waals surface area contributed by atoms with Crippen molar-refractivity contribution in [3.63, 3.8) is 0 Å². The molecule has 2 amide bonds. The van der Waals surface area contributed by atoms with Crippen molar-refractivity contribution in [3.8, 4) is 11.8 Å². The Labute approximate surface area is 152 Å². The molecule has 134 valence electrons. The molecule has 0 bridgehead atoms. The number of hydrogen-bond donors (Lipinski definition) is 2. The van der Waals surface area contributed by atoms with Crippen LogP contribution in [-0.4, -0.2) is 18.4 Å². The highest BCUT2D eigenvalue weighted by Gasteiger charge is 2.05. The Hall–Kier alpha value is -3.33. The van der Waals surface area contributed by atoms with Crippen molar-refractivity contribution < 1.29 is 14.3 Å². The largest absolute Gasteiger partial charge is 0.494 e. The molecule has 0 aliphatic heterocycles. The lowest BCUT2D eigenvalue weighted by Gasteiger charge is -2.08. The Balaban J connectivity index is 1.83. The maximum absolute atomic E-state index is 12.1. The number of benzene rings is 2. The molecule has 6 heteroatoms. The first kappa shape index (κ1) is 19.0. The number of hydrogen-bond acceptors (Lipinski definition) is 4. The lowest BCUT2D eigenvalue weighted by Crippen LogP contribution is -2.21. The zero-order valence-corrected chi connectivity index (χ0v) is 14.6. The smallest absolute Gasteiger partial charge is 0.234 e. The number of rotatable bonds is 8. The van der Waals surface area contributed by atoms with E-state index < -0.39 is 0 Å². The van der Waals surface area contributed by atoms with E-state index >= 15 is 0 Å². The van der Waals surface area contributed by atoms with E-state index in [0.29, 0.717) is 18.8 Å². The number of amides is 2. The molecule has 0 aromatic heterocycles. The Morgan fingerprint density at radius 3 is 2.27 bits per heavy atom. The van der Waals surface area contributed by atoms with Crippen molar-refractivity contribution in [1.29, 1.82) is 5.26 Å². The normalized spacial score (nSPS) is 9.85. The van der Waals surface area contributed by atoms with Crippen LogP contribution >= 0.6 is 0 Å². The molecule has 26 heavy (non-hydrogen) atoms. The Morgan fingerprint density at radius 2 is 1.65 bits per heavy atom. The second kappa shape index (κ2) is 9.84. The van der Waals surface area contributed by atoms with Gasteiger partial charge in [-0.15, -0.1) is 0 Å². The second-order valence-corrected chi connectivity index (χ2v) is 5.61. The number of nitriles is 1. The van der Waals surface area contributed by atoms with Gasteiger partial charge in [0.15, 0.2) is 0 Å². The summed E-state index contributed by atoms with van der Waals surface area (Å²) in [6, 6.07) is 16.4. The first-order chi connectivity index (χ1) is 12.6. The lowest BCUT2D eigenvalue weighted by molar-refractivity contribution is -0.120. The minimum atomic E-state index is -0.305. The topological polar surface area (TPSA) is 91.2 Å². The first-order valence-corrected chi connectivity index (χ1v) is 8.35. The maximum atomic E-state index is 12.1. The number of nitrogens with zero attached hydrogens (tertiary/aromatic N) is 1. The summed E-state index contributed by atoms with van der Waals surface area (Å²) in [6.07, 6.45) is 0.123. The van der Waals surface area contributed by atoms with E-state index in [9.17, 15) is 9.59 Å². The van der Waals surface area contributed by atoms with Gasteiger partial charge >= 0.3 is 0 Å². The highest BCUT2D eigenvalue weighted by atomic mass is 16.5. The molecular formula is C20H21N3O3. The third kappa shape index (κ3) is 6.29. The number of carbonyl (C=O) groups is 2. The van der Waals surface area contributed by atoms with E-state index in [1.54, 1.807) is 18.2 Å². The van der Waals surface area contributed by atoms with Gasteiger partial charge in [-0.1, -0.05) is 24.3 Å². The van der Waals surface area contributed by atoms with Gasteiger partial charge in [-0.3, -0.25) is 9.59 Å². The highest BCUT2D eigenvalue weighted by molar-refractivity contribution is 5.92. The summed E-state index contributed by atoms with van der Waals surface area (Å²) >= 11 is 0. The van der Waals surface area contributed by atoms with Crippen LogP contribution in [0.3, 0.4) is 0 Å². The fourth-order valence-corrected chi connectivity index (χ4v) is 2.30. The average Bonchev–Trinajstić information content (AvgIpc) is 2.63. The van der Waals surface area contributed by atoms with Crippen molar-refractivity contribution in [3.05, 3.63) is 59.7 Å². The zero-order chi connectivity index (χ0) is 18.8. The minimum absolute atomic E-state index is 0.107. The van der Waals surface area contributed by atoms with Gasteiger partial charge in [0.2, 0.25) is 11.8 Å². The predicted octanol–water partition coefficient (Wildman–Crippen LogP) is 2.80. The molecule has 0 aliphatic rings. The van der Waals surface area contributed by atoms with E-state index in [1.807, 2.05) is 43.3 Å². The fourth-order valence-electron chi connectivity index (χ4n) is 2.30. The summed E-state index contributed by atoms with van der Waals surface area (Å²) in [6.45, 7) is 2.88. The minimum Gasteiger partial charge on any atom is -0.494 e. The summed E-state index contributed by atoms with van der Waals surface area (Å²) in [5, 5.41) is 13.9. The first-order valence-electron chi connectivity index (χ1n) is 8.35. The van der Waals surface area contributed by atoms with E-state index in [2.05, 4.69) is 10.6 Å². The second-order valence-electron chi connectivity index (χ2n) is 5.61. The van der Waals surface area contributed by atoms with Crippen LogP contribution in [0.1, 0.15) is 24.5 Å². The maximum Gasteiger partial charge on any atom is 0.234 e. The summed E-state index contributed by atoms with van der Waals surface area (Å²) in [4.78, 5) is 23.4. The van der Waals surface area contributed by atoms with Gasteiger partial charge in [0.25, 0.3) is 0 Å². The van der Waals surface area contributed by atoms with E-state index in [-0.39, 0.29) is 24.7 Å². The molecule has 0 aliphatic carbocycles. The van der Waals surface area contributed by atoms with E-state index in [0.717, 1.165) is 16.9 Å². The number of nitrogens with one attached hydrogen (secondary N) is 2. The van der Waals surface area contributed by atoms with E-state index in [1.165, 1.54) is 0 Å². The van der Waals surface area contributed by atoms with Gasteiger partial charge < -0.3 is 15.4 Å². The number of ether oxygens (including phenoxy) is 1. The summed E-state index contributed by atoms with van der Waals surface area (Å²) < 4.78 is 5.38. The molecule has 6 nitrogen and oxygen atoms in total. The molecule has 0 saturated heterocycles. The SMILES string of the molecule is CCOc1ccc(CC(=O)Nc2ccc(CNC(=O)CC#N)cc2)cc1. The quantitative estimate of drug-likeness (QED) is 0.765. The molecule has 0 radical (unpaired) electrons. The molecule has 2 aromatic rings. The third-order valence-electron chi connectivity index (χ3n) is 3.57. The molecule has 0 spiro atoms. The van der Waals surface area contributed by atoms with E-state index in [4.69, 9.17) is 10.00 Å². The molecule has 2 aromatic carbocycles. The molecule has 0 saturated carbocycles. The lowest BCUT2D eigenvalue weighted by atomic mass is 10.1. The molecule has 2 N–H and O–H groups in total. The van der Waals surface area contributed by atoms with Gasteiger partial charge in [0.1, 0.15) is 12.2 Å². The van der Waals surface area contributed by atoms with Gasteiger partial charge in [0.05, 0.1) is 19.1 Å². The van der Waals surface area contributed by atoms with Crippen LogP contribution in [0.25, 0.3) is 0 Å². The highest BCUT2D eigenvalue weighted by Crippen LogP contribution is 2.14. The summed E-state index contributed by atoms with van der Waals surface area (Å²) in [7, 11) is 0. The molecule has 2 rings (SSSR count). The standard InChI is InChI=1S/C20H21N3O3/c1-2-26-18-9-5-15(6-10-18)13-20(25)23-17-7-3-16(4-8-17)14-22-19(24)11-12-21/h3-10H,2,11,13-14H2,1H3,(H,22,24)(H,23,25). The van der Waals surface area contributed by atoms with Crippen molar-refractivity contribution in [1.82, 2.24) is 5.32 Å². The van der Waals surface area contributed by atoms with Crippen LogP contribution in [0.2, 0.25) is 0 Å². The molecule has 0 atom stereocenters. The molecule has 0 heterocycles. The molecule has 0 unspecified atom stereocenters. The number of anilines is 1. The Morgan fingerprint density at radius 1 is 1.00 bits per heavy atom. The number of carbonyl (C=O) groups excluding carboxylic acids is 2. The zero-order valence-electron chi connectivity index (χ0n) is 14.6. The average molecular weight is 351 g/mol. The van der Waals surface area contributed by atoms with Gasteiger partial charge in [-0.05, 0) is 42.3 Å². The van der Waals surface area contributed by atoms with Crippen molar-refractivity contribution in [2.24, 2.45) is 0 Å². The van der Waals surface area contributed by atoms with Crippen LogP contribution in [-0.2, 0) is 22.6 Å². The third-order valence-corrected chi connectivity index (χ3v) is 3.57. The summed E-state index contributed by atoms with van der Waals surface area (Å²) in [5.41, 5.74) is 2.48. The Kier molecular flexibility index (Phi) is 7.19. The Bertz CT molecular complexity index is 777. The van der Waals surface area contributed by atoms with Crippen molar-refractivity contribution in [2.45, 2.75) is 26.3 Å². The fraction of sp³-hybridized carbons (Fsp3) is 0.250. The molecular weight excluding hydrogens is 330 g/mol. The molecule has 0 fully saturated rings.